The summed E-state index contributed by atoms with van der Waals surface area (Å²) in [6.45, 7) is 1.02. The van der Waals surface area contributed by atoms with Crippen molar-refractivity contribution in [2.45, 2.75) is 31.9 Å². The molecule has 100 valence electrons. The number of benzene rings is 1. The highest BCUT2D eigenvalue weighted by Crippen LogP contribution is 2.34. The van der Waals surface area contributed by atoms with Crippen LogP contribution in [0.25, 0.3) is 0 Å². The lowest BCUT2D eigenvalue weighted by Gasteiger charge is -2.19. The Kier molecular flexibility index (Phi) is 3.23. The summed E-state index contributed by atoms with van der Waals surface area (Å²) in [5, 5.41) is 0. The molecule has 2 aliphatic rings. The van der Waals surface area contributed by atoms with Crippen LogP contribution in [0.3, 0.4) is 0 Å². The zero-order valence-corrected chi connectivity index (χ0v) is 10.7. The fourth-order valence-corrected chi connectivity index (χ4v) is 3.05. The number of rotatable bonds is 3. The third-order valence-corrected chi connectivity index (χ3v) is 4.05. The predicted molar refractivity (Wildman–Crippen MR) is 69.1 cm³/mol. The first-order chi connectivity index (χ1) is 9.25. The number of nitrogens with zero attached hydrogens (tertiary/aromatic N) is 1. The van der Waals surface area contributed by atoms with Gasteiger partial charge in [-0.2, -0.15) is 0 Å². The lowest BCUT2D eigenvalue weighted by molar-refractivity contribution is -0.150. The smallest absolute Gasteiger partial charge is 0.311 e. The zero-order valence-electron chi connectivity index (χ0n) is 10.7. The van der Waals surface area contributed by atoms with Crippen LogP contribution in [0.4, 0.5) is 0 Å². The van der Waals surface area contributed by atoms with Gasteiger partial charge in [0, 0.05) is 19.0 Å². The van der Waals surface area contributed by atoms with Crippen LogP contribution >= 0.6 is 0 Å². The van der Waals surface area contributed by atoms with Gasteiger partial charge in [0.05, 0.1) is 5.92 Å². The normalized spacial score (nSPS) is 25.5. The van der Waals surface area contributed by atoms with Gasteiger partial charge < -0.3 is 9.64 Å². The van der Waals surface area contributed by atoms with Crippen LogP contribution in [0.15, 0.2) is 30.3 Å². The molecule has 2 heterocycles. The van der Waals surface area contributed by atoms with Crippen LogP contribution in [0.2, 0.25) is 0 Å². The number of esters is 1. The van der Waals surface area contributed by atoms with Crippen molar-refractivity contribution in [3.05, 3.63) is 35.9 Å². The van der Waals surface area contributed by atoms with E-state index in [1.165, 1.54) is 0 Å². The van der Waals surface area contributed by atoms with E-state index < -0.39 is 0 Å². The number of ether oxygens (including phenoxy) is 1. The van der Waals surface area contributed by atoms with Gasteiger partial charge in [0.1, 0.15) is 6.61 Å². The lowest BCUT2D eigenvalue weighted by atomic mass is 9.99. The van der Waals surface area contributed by atoms with E-state index in [1.54, 1.807) is 0 Å². The van der Waals surface area contributed by atoms with Crippen LogP contribution in [0.5, 0.6) is 0 Å². The minimum absolute atomic E-state index is 0.0794. The maximum Gasteiger partial charge on any atom is 0.311 e. The Hall–Kier alpha value is -1.84. The molecule has 0 saturated carbocycles. The molecule has 2 aliphatic heterocycles. The molecule has 0 aromatic heterocycles. The minimum Gasteiger partial charge on any atom is -0.461 e. The van der Waals surface area contributed by atoms with Gasteiger partial charge in [-0.3, -0.25) is 9.59 Å². The molecule has 0 spiro atoms. The highest BCUT2D eigenvalue weighted by atomic mass is 16.5. The predicted octanol–water partition coefficient (Wildman–Crippen LogP) is 1.74. The Morgan fingerprint density at radius 1 is 1.26 bits per heavy atom. The van der Waals surface area contributed by atoms with E-state index in [1.807, 2.05) is 35.2 Å². The molecule has 2 fully saturated rings. The quantitative estimate of drug-likeness (QED) is 0.777. The first-order valence-corrected chi connectivity index (χ1v) is 6.76. The number of carbonyl (C=O) groups is 2. The van der Waals surface area contributed by atoms with Crippen molar-refractivity contribution in [2.24, 2.45) is 5.92 Å². The summed E-state index contributed by atoms with van der Waals surface area (Å²) in [6, 6.07) is 9.74. The molecule has 0 N–H and O–H groups in total. The van der Waals surface area contributed by atoms with E-state index in [0.29, 0.717) is 19.6 Å². The monoisotopic (exact) mass is 259 g/mol. The van der Waals surface area contributed by atoms with Gasteiger partial charge in [-0.1, -0.05) is 30.3 Å². The average Bonchev–Trinajstić information content (AvgIpc) is 3.01. The number of hydrogen-bond acceptors (Lipinski definition) is 3. The van der Waals surface area contributed by atoms with Crippen LogP contribution in [0, 0.1) is 5.92 Å². The molecule has 0 bridgehead atoms. The second kappa shape index (κ2) is 5.03. The number of carbonyl (C=O) groups excluding carboxylic acids is 2. The van der Waals surface area contributed by atoms with Crippen molar-refractivity contribution >= 4 is 11.9 Å². The molecular weight excluding hydrogens is 242 g/mol. The summed E-state index contributed by atoms with van der Waals surface area (Å²) >= 11 is 0. The largest absolute Gasteiger partial charge is 0.461 e. The van der Waals surface area contributed by atoms with Gasteiger partial charge >= 0.3 is 5.97 Å². The molecule has 1 amide bonds. The van der Waals surface area contributed by atoms with Gasteiger partial charge in [-0.15, -0.1) is 0 Å². The minimum atomic E-state index is -0.161. The van der Waals surface area contributed by atoms with Crippen molar-refractivity contribution < 1.29 is 14.3 Å². The third-order valence-electron chi connectivity index (χ3n) is 4.05. The van der Waals surface area contributed by atoms with Crippen LogP contribution < -0.4 is 0 Å². The summed E-state index contributed by atoms with van der Waals surface area (Å²) < 4.78 is 5.38. The molecule has 2 saturated heterocycles. The first kappa shape index (κ1) is 12.2. The highest BCUT2D eigenvalue weighted by molar-refractivity contribution is 5.82. The van der Waals surface area contributed by atoms with E-state index in [2.05, 4.69) is 0 Å². The van der Waals surface area contributed by atoms with Crippen molar-refractivity contribution in [1.82, 2.24) is 4.90 Å². The zero-order chi connectivity index (χ0) is 13.2. The fourth-order valence-electron chi connectivity index (χ4n) is 3.05. The van der Waals surface area contributed by atoms with Gasteiger partial charge in [0.15, 0.2) is 0 Å². The van der Waals surface area contributed by atoms with Crippen molar-refractivity contribution in [2.75, 3.05) is 6.54 Å². The summed E-state index contributed by atoms with van der Waals surface area (Å²) in [4.78, 5) is 25.5. The van der Waals surface area contributed by atoms with Gasteiger partial charge in [0.2, 0.25) is 5.91 Å². The molecule has 3 rings (SSSR count). The van der Waals surface area contributed by atoms with Crippen molar-refractivity contribution in [3.8, 4) is 0 Å². The lowest BCUT2D eigenvalue weighted by Crippen LogP contribution is -2.33. The molecular formula is C15H17NO3. The van der Waals surface area contributed by atoms with Gasteiger partial charge in [-0.05, 0) is 18.4 Å². The van der Waals surface area contributed by atoms with Gasteiger partial charge in [-0.25, -0.2) is 0 Å². The fraction of sp³-hybridized carbons (Fsp3) is 0.467. The number of fused-ring (bicyclic) bond motifs is 1. The van der Waals surface area contributed by atoms with Crippen molar-refractivity contribution in [3.63, 3.8) is 0 Å². The molecule has 0 unspecified atom stereocenters. The van der Waals surface area contributed by atoms with E-state index in [-0.39, 0.29) is 23.8 Å². The van der Waals surface area contributed by atoms with Gasteiger partial charge in [0.25, 0.3) is 0 Å². The Labute approximate surface area is 112 Å². The van der Waals surface area contributed by atoms with Crippen LogP contribution in [0.1, 0.15) is 24.8 Å². The second-order valence-corrected chi connectivity index (χ2v) is 5.18. The number of hydrogen-bond donors (Lipinski definition) is 0. The van der Waals surface area contributed by atoms with E-state index in [9.17, 15) is 9.59 Å². The third kappa shape index (κ3) is 2.35. The summed E-state index contributed by atoms with van der Waals surface area (Å²) in [7, 11) is 0. The second-order valence-electron chi connectivity index (χ2n) is 5.18. The van der Waals surface area contributed by atoms with Crippen LogP contribution in [-0.2, 0) is 20.9 Å². The summed E-state index contributed by atoms with van der Waals surface area (Å²) in [5.74, 6) is -0.107. The van der Waals surface area contributed by atoms with Crippen LogP contribution in [-0.4, -0.2) is 29.4 Å². The average molecular weight is 259 g/mol. The maximum absolute atomic E-state index is 12.1. The molecule has 2 atom stereocenters. The SMILES string of the molecule is O=C(OCc1ccccc1)[C@@H]1CCN2C(=O)CC[C@H]12. The van der Waals surface area contributed by atoms with E-state index in [4.69, 9.17) is 4.74 Å². The Balaban J connectivity index is 1.58. The number of amides is 1. The summed E-state index contributed by atoms with van der Waals surface area (Å²) in [6.07, 6.45) is 2.11. The molecule has 0 radical (unpaired) electrons. The van der Waals surface area contributed by atoms with Crippen molar-refractivity contribution in [1.29, 1.82) is 0 Å². The molecule has 4 nitrogen and oxygen atoms in total. The molecule has 19 heavy (non-hydrogen) atoms. The first-order valence-electron chi connectivity index (χ1n) is 6.76. The molecule has 0 aliphatic carbocycles. The topological polar surface area (TPSA) is 46.6 Å². The Bertz CT molecular complexity index is 485. The standard InChI is InChI=1S/C15H17NO3/c17-14-7-6-13-12(8-9-16(13)14)15(18)19-10-11-4-2-1-3-5-11/h1-5,12-13H,6-10H2/t12-,13-/m1/s1. The molecule has 4 heteroatoms. The Morgan fingerprint density at radius 2 is 2.05 bits per heavy atom. The Morgan fingerprint density at radius 3 is 2.84 bits per heavy atom. The highest BCUT2D eigenvalue weighted by Gasteiger charge is 2.45. The summed E-state index contributed by atoms with van der Waals surface area (Å²) in [5.41, 5.74) is 0.994. The molecule has 1 aromatic rings. The molecule has 1 aromatic carbocycles. The van der Waals surface area contributed by atoms with E-state index in [0.717, 1.165) is 18.4 Å². The van der Waals surface area contributed by atoms with E-state index >= 15 is 0 Å². The maximum atomic E-state index is 12.1.